The van der Waals surface area contributed by atoms with E-state index in [-0.39, 0.29) is 0 Å². The highest BCUT2D eigenvalue weighted by Crippen LogP contribution is 2.22. The molecule has 5 heteroatoms. The smallest absolute Gasteiger partial charge is 0.150 e. The first-order valence-corrected chi connectivity index (χ1v) is 4.99. The van der Waals surface area contributed by atoms with Gasteiger partial charge in [0.2, 0.25) is 0 Å². The summed E-state index contributed by atoms with van der Waals surface area (Å²) in [4.78, 5) is 7.78. The van der Waals surface area contributed by atoms with E-state index < -0.39 is 0 Å². The Balaban J connectivity index is 2.54. The highest BCUT2D eigenvalue weighted by molar-refractivity contribution is 6.35. The summed E-state index contributed by atoms with van der Waals surface area (Å²) in [7, 11) is 0. The van der Waals surface area contributed by atoms with Crippen molar-refractivity contribution in [3.8, 4) is 0 Å². The number of halogens is 1. The fraction of sp³-hybridized carbons (Fsp3) is 0.556. The minimum absolute atomic E-state index is 0.314. The van der Waals surface area contributed by atoms with Crippen molar-refractivity contribution in [3.63, 3.8) is 0 Å². The lowest BCUT2D eigenvalue weighted by atomic mass is 10.1. The largest absolute Gasteiger partial charge is 0.382 e. The molecule has 1 aromatic rings. The number of hydrogen-bond donors (Lipinski definition) is 2. The van der Waals surface area contributed by atoms with Crippen LogP contribution in [0.15, 0.2) is 6.33 Å². The summed E-state index contributed by atoms with van der Waals surface area (Å²) in [5.41, 5.74) is 5.53. The zero-order valence-electron chi connectivity index (χ0n) is 8.42. The van der Waals surface area contributed by atoms with Gasteiger partial charge in [0.15, 0.2) is 0 Å². The fourth-order valence-electron chi connectivity index (χ4n) is 0.986. The van der Waals surface area contributed by atoms with Crippen LogP contribution in [0.3, 0.4) is 0 Å². The number of nitrogen functional groups attached to an aromatic ring is 1. The van der Waals surface area contributed by atoms with Crippen molar-refractivity contribution in [2.45, 2.75) is 20.3 Å². The summed E-state index contributed by atoms with van der Waals surface area (Å²) in [6.45, 7) is 5.17. The monoisotopic (exact) mass is 214 g/mol. The molecule has 0 atom stereocenters. The van der Waals surface area contributed by atoms with Crippen molar-refractivity contribution < 1.29 is 0 Å². The van der Waals surface area contributed by atoms with Gasteiger partial charge in [0, 0.05) is 6.54 Å². The second-order valence-corrected chi connectivity index (χ2v) is 3.91. The Kier molecular flexibility index (Phi) is 3.95. The average molecular weight is 215 g/mol. The maximum atomic E-state index is 5.90. The van der Waals surface area contributed by atoms with Crippen LogP contribution in [0.25, 0.3) is 0 Å². The fourth-order valence-corrected chi connectivity index (χ4v) is 1.15. The van der Waals surface area contributed by atoms with E-state index >= 15 is 0 Å². The molecule has 0 bridgehead atoms. The van der Waals surface area contributed by atoms with Crippen LogP contribution in [0.4, 0.5) is 11.6 Å². The van der Waals surface area contributed by atoms with Crippen LogP contribution in [0, 0.1) is 5.92 Å². The molecule has 14 heavy (non-hydrogen) atoms. The zero-order valence-corrected chi connectivity index (χ0v) is 9.17. The van der Waals surface area contributed by atoms with Crippen LogP contribution in [0.5, 0.6) is 0 Å². The Morgan fingerprint density at radius 1 is 1.50 bits per heavy atom. The van der Waals surface area contributed by atoms with Crippen LogP contribution in [0.2, 0.25) is 5.02 Å². The number of nitrogens with one attached hydrogen (secondary N) is 1. The molecule has 0 aromatic carbocycles. The molecule has 0 saturated carbocycles. The number of rotatable bonds is 4. The highest BCUT2D eigenvalue weighted by Gasteiger charge is 2.05. The molecule has 0 aliphatic carbocycles. The zero-order chi connectivity index (χ0) is 10.6. The second-order valence-electron chi connectivity index (χ2n) is 3.53. The molecule has 78 valence electrons. The standard InChI is InChI=1S/C9H15ClN4/c1-6(2)3-4-12-9-7(10)8(11)13-5-14-9/h5-6H,3-4H2,1-2H3,(H3,11,12,13,14). The van der Waals surface area contributed by atoms with Gasteiger partial charge in [0.1, 0.15) is 23.0 Å². The third kappa shape index (κ3) is 3.03. The minimum atomic E-state index is 0.314. The van der Waals surface area contributed by atoms with Gasteiger partial charge in [-0.1, -0.05) is 25.4 Å². The van der Waals surface area contributed by atoms with Crippen LogP contribution in [-0.2, 0) is 0 Å². The van der Waals surface area contributed by atoms with Crippen molar-refractivity contribution in [1.29, 1.82) is 0 Å². The quantitative estimate of drug-likeness (QED) is 0.807. The van der Waals surface area contributed by atoms with Gasteiger partial charge in [-0.3, -0.25) is 0 Å². The summed E-state index contributed by atoms with van der Waals surface area (Å²) in [6.07, 6.45) is 2.47. The molecule has 1 heterocycles. The molecule has 0 aliphatic rings. The molecule has 1 aromatic heterocycles. The molecule has 1 rings (SSSR count). The van der Waals surface area contributed by atoms with Crippen LogP contribution in [0.1, 0.15) is 20.3 Å². The van der Waals surface area contributed by atoms with Gasteiger partial charge in [-0.15, -0.1) is 0 Å². The van der Waals surface area contributed by atoms with E-state index in [0.29, 0.717) is 22.6 Å². The molecule has 0 fully saturated rings. The third-order valence-corrected chi connectivity index (χ3v) is 2.20. The van der Waals surface area contributed by atoms with Gasteiger partial charge in [-0.25, -0.2) is 9.97 Å². The first-order chi connectivity index (χ1) is 6.61. The Labute approximate surface area is 88.9 Å². The Hall–Kier alpha value is -1.03. The molecule has 0 aliphatic heterocycles. The van der Waals surface area contributed by atoms with Crippen LogP contribution in [-0.4, -0.2) is 16.5 Å². The normalized spacial score (nSPS) is 10.6. The van der Waals surface area contributed by atoms with Gasteiger partial charge in [0.05, 0.1) is 0 Å². The molecule has 0 radical (unpaired) electrons. The summed E-state index contributed by atoms with van der Waals surface area (Å²) in [5, 5.41) is 3.52. The van der Waals surface area contributed by atoms with Gasteiger partial charge in [-0.2, -0.15) is 0 Å². The molecule has 0 spiro atoms. The number of nitrogens with zero attached hydrogens (tertiary/aromatic N) is 2. The van der Waals surface area contributed by atoms with Gasteiger partial charge < -0.3 is 11.1 Å². The Morgan fingerprint density at radius 2 is 2.21 bits per heavy atom. The molecule has 0 saturated heterocycles. The molecule has 4 nitrogen and oxygen atoms in total. The Bertz CT molecular complexity index is 301. The van der Waals surface area contributed by atoms with E-state index in [1.807, 2.05) is 0 Å². The summed E-state index contributed by atoms with van der Waals surface area (Å²) < 4.78 is 0. The first kappa shape index (κ1) is 11.0. The minimum Gasteiger partial charge on any atom is -0.382 e. The number of aromatic nitrogens is 2. The van der Waals surface area contributed by atoms with Crippen LogP contribution < -0.4 is 11.1 Å². The lowest BCUT2D eigenvalue weighted by Crippen LogP contribution is -2.07. The van der Waals surface area contributed by atoms with Crippen molar-refractivity contribution in [2.24, 2.45) is 5.92 Å². The SMILES string of the molecule is CC(C)CCNc1ncnc(N)c1Cl. The van der Waals surface area contributed by atoms with E-state index in [9.17, 15) is 0 Å². The van der Waals surface area contributed by atoms with Crippen molar-refractivity contribution in [1.82, 2.24) is 9.97 Å². The Morgan fingerprint density at radius 3 is 2.86 bits per heavy atom. The topological polar surface area (TPSA) is 63.8 Å². The number of anilines is 2. The van der Waals surface area contributed by atoms with Gasteiger partial charge >= 0.3 is 0 Å². The third-order valence-electron chi connectivity index (χ3n) is 1.83. The predicted molar refractivity (Wildman–Crippen MR) is 59.4 cm³/mol. The van der Waals surface area contributed by atoms with Gasteiger partial charge in [-0.05, 0) is 12.3 Å². The summed E-state index contributed by atoms with van der Waals surface area (Å²) in [5.74, 6) is 1.58. The maximum absolute atomic E-state index is 5.90. The number of hydrogen-bond acceptors (Lipinski definition) is 4. The maximum Gasteiger partial charge on any atom is 0.150 e. The van der Waals surface area contributed by atoms with Gasteiger partial charge in [0.25, 0.3) is 0 Å². The van der Waals surface area contributed by atoms with Crippen molar-refractivity contribution in [3.05, 3.63) is 11.3 Å². The van der Waals surface area contributed by atoms with E-state index in [4.69, 9.17) is 17.3 Å². The van der Waals surface area contributed by atoms with Crippen LogP contribution >= 0.6 is 11.6 Å². The van der Waals surface area contributed by atoms with E-state index in [1.54, 1.807) is 0 Å². The van der Waals surface area contributed by atoms with Crippen molar-refractivity contribution >= 4 is 23.2 Å². The first-order valence-electron chi connectivity index (χ1n) is 4.61. The second kappa shape index (κ2) is 5.00. The molecular weight excluding hydrogens is 200 g/mol. The summed E-state index contributed by atoms with van der Waals surface area (Å²) >= 11 is 5.90. The average Bonchev–Trinajstić information content (AvgIpc) is 2.12. The highest BCUT2D eigenvalue weighted by atomic mass is 35.5. The van der Waals surface area contributed by atoms with E-state index in [0.717, 1.165) is 13.0 Å². The molecular formula is C9H15ClN4. The molecule has 0 unspecified atom stereocenters. The lowest BCUT2D eigenvalue weighted by molar-refractivity contribution is 0.606. The summed E-state index contributed by atoms with van der Waals surface area (Å²) in [6, 6.07) is 0. The lowest BCUT2D eigenvalue weighted by Gasteiger charge is -2.09. The van der Waals surface area contributed by atoms with E-state index in [1.165, 1.54) is 6.33 Å². The van der Waals surface area contributed by atoms with E-state index in [2.05, 4.69) is 29.1 Å². The molecule has 3 N–H and O–H groups in total. The predicted octanol–water partition coefficient (Wildman–Crippen LogP) is 2.17. The van der Waals surface area contributed by atoms with Crippen molar-refractivity contribution in [2.75, 3.05) is 17.6 Å². The molecule has 0 amide bonds. The number of nitrogens with two attached hydrogens (primary N) is 1.